The van der Waals surface area contributed by atoms with Crippen LogP contribution < -0.4 is 4.74 Å². The number of ether oxygens (including phenoxy) is 2. The summed E-state index contributed by atoms with van der Waals surface area (Å²) >= 11 is 3.46. The van der Waals surface area contributed by atoms with E-state index in [4.69, 9.17) is 9.47 Å². The van der Waals surface area contributed by atoms with Gasteiger partial charge in [-0.25, -0.2) is 0 Å². The van der Waals surface area contributed by atoms with Crippen LogP contribution in [0.15, 0.2) is 40.9 Å². The fourth-order valence-electron chi connectivity index (χ4n) is 2.63. The standard InChI is InChI=1S/C17H17BrO3/c1-20-17-5-4-15(18)7-13(17)8-16(19)11-2-3-12-9-21-10-14(12)6-11/h2-7,16,19H,8-10H2,1H3. The number of hydrogen-bond donors (Lipinski definition) is 1. The summed E-state index contributed by atoms with van der Waals surface area (Å²) in [5, 5.41) is 10.5. The van der Waals surface area contributed by atoms with Crippen molar-refractivity contribution in [2.45, 2.75) is 25.7 Å². The lowest BCUT2D eigenvalue weighted by Crippen LogP contribution is -2.04. The van der Waals surface area contributed by atoms with E-state index in [1.54, 1.807) is 7.11 Å². The van der Waals surface area contributed by atoms with Crippen molar-refractivity contribution >= 4 is 15.9 Å². The number of hydrogen-bond acceptors (Lipinski definition) is 3. The molecule has 4 heteroatoms. The van der Waals surface area contributed by atoms with Crippen molar-refractivity contribution in [2.24, 2.45) is 0 Å². The van der Waals surface area contributed by atoms with Crippen LogP contribution in [0.5, 0.6) is 5.75 Å². The quantitative estimate of drug-likeness (QED) is 0.913. The smallest absolute Gasteiger partial charge is 0.122 e. The highest BCUT2D eigenvalue weighted by molar-refractivity contribution is 9.10. The van der Waals surface area contributed by atoms with Crippen LogP contribution in [-0.2, 0) is 24.4 Å². The van der Waals surface area contributed by atoms with Crippen molar-refractivity contribution in [3.8, 4) is 5.75 Å². The first kappa shape index (κ1) is 14.6. The first-order chi connectivity index (χ1) is 10.2. The Labute approximate surface area is 132 Å². The van der Waals surface area contributed by atoms with Gasteiger partial charge in [0, 0.05) is 10.9 Å². The topological polar surface area (TPSA) is 38.7 Å². The van der Waals surface area contributed by atoms with E-state index in [9.17, 15) is 5.11 Å². The molecule has 0 radical (unpaired) electrons. The normalized spacial score (nSPS) is 14.8. The van der Waals surface area contributed by atoms with E-state index < -0.39 is 6.10 Å². The lowest BCUT2D eigenvalue weighted by atomic mass is 9.98. The lowest BCUT2D eigenvalue weighted by molar-refractivity contribution is 0.134. The van der Waals surface area contributed by atoms with Crippen LogP contribution in [-0.4, -0.2) is 12.2 Å². The zero-order valence-electron chi connectivity index (χ0n) is 11.8. The highest BCUT2D eigenvalue weighted by Gasteiger charge is 2.16. The zero-order valence-corrected chi connectivity index (χ0v) is 13.4. The van der Waals surface area contributed by atoms with Crippen molar-refractivity contribution in [3.63, 3.8) is 0 Å². The number of fused-ring (bicyclic) bond motifs is 1. The second-order valence-corrected chi connectivity index (χ2v) is 6.11. The SMILES string of the molecule is COc1ccc(Br)cc1CC(O)c1ccc2c(c1)COC2. The average Bonchev–Trinajstić information content (AvgIpc) is 2.94. The largest absolute Gasteiger partial charge is 0.496 e. The van der Waals surface area contributed by atoms with Gasteiger partial charge in [-0.05, 0) is 40.5 Å². The molecule has 1 atom stereocenters. The van der Waals surface area contributed by atoms with Crippen molar-refractivity contribution in [1.29, 1.82) is 0 Å². The first-order valence-corrected chi connectivity index (χ1v) is 7.66. The fourth-order valence-corrected chi connectivity index (χ4v) is 3.04. The predicted molar refractivity (Wildman–Crippen MR) is 84.3 cm³/mol. The second kappa shape index (κ2) is 6.18. The van der Waals surface area contributed by atoms with Crippen LogP contribution in [0.2, 0.25) is 0 Å². The Kier molecular flexibility index (Phi) is 4.29. The monoisotopic (exact) mass is 348 g/mol. The van der Waals surface area contributed by atoms with Gasteiger partial charge in [0.1, 0.15) is 5.75 Å². The Morgan fingerprint density at radius 3 is 2.81 bits per heavy atom. The summed E-state index contributed by atoms with van der Waals surface area (Å²) in [4.78, 5) is 0. The average molecular weight is 349 g/mol. The summed E-state index contributed by atoms with van der Waals surface area (Å²) in [5.74, 6) is 0.793. The van der Waals surface area contributed by atoms with E-state index in [1.807, 2.05) is 36.4 Å². The Hall–Kier alpha value is -1.36. The molecule has 1 heterocycles. The number of aliphatic hydroxyl groups is 1. The van der Waals surface area contributed by atoms with Gasteiger partial charge in [0.05, 0.1) is 26.4 Å². The van der Waals surface area contributed by atoms with Crippen LogP contribution in [0, 0.1) is 0 Å². The van der Waals surface area contributed by atoms with E-state index in [0.29, 0.717) is 19.6 Å². The van der Waals surface area contributed by atoms with E-state index in [2.05, 4.69) is 15.9 Å². The molecular weight excluding hydrogens is 332 g/mol. The summed E-state index contributed by atoms with van der Waals surface area (Å²) in [7, 11) is 1.64. The molecule has 1 N–H and O–H groups in total. The molecule has 0 aromatic heterocycles. The Bertz CT molecular complexity index is 654. The first-order valence-electron chi connectivity index (χ1n) is 6.87. The maximum atomic E-state index is 10.5. The molecule has 0 saturated heterocycles. The molecule has 0 saturated carbocycles. The molecule has 1 aliphatic heterocycles. The minimum absolute atomic E-state index is 0.516. The molecule has 0 fully saturated rings. The molecule has 2 aromatic rings. The summed E-state index contributed by atoms with van der Waals surface area (Å²) < 4.78 is 11.8. The second-order valence-electron chi connectivity index (χ2n) is 5.20. The summed E-state index contributed by atoms with van der Waals surface area (Å²) in [5.41, 5.74) is 4.29. The molecule has 2 aromatic carbocycles. The van der Waals surface area contributed by atoms with Crippen molar-refractivity contribution in [2.75, 3.05) is 7.11 Å². The molecular formula is C17H17BrO3. The van der Waals surface area contributed by atoms with E-state index in [-0.39, 0.29) is 0 Å². The molecule has 0 bridgehead atoms. The van der Waals surface area contributed by atoms with Gasteiger partial charge in [-0.15, -0.1) is 0 Å². The fraction of sp³-hybridized carbons (Fsp3) is 0.294. The number of rotatable bonds is 4. The molecule has 1 aliphatic rings. The molecule has 21 heavy (non-hydrogen) atoms. The van der Waals surface area contributed by atoms with Gasteiger partial charge in [0.15, 0.2) is 0 Å². The number of aliphatic hydroxyl groups excluding tert-OH is 1. The third-order valence-electron chi connectivity index (χ3n) is 3.79. The lowest BCUT2D eigenvalue weighted by Gasteiger charge is -2.15. The molecule has 110 valence electrons. The number of halogens is 1. The van der Waals surface area contributed by atoms with E-state index in [1.165, 1.54) is 11.1 Å². The van der Waals surface area contributed by atoms with Gasteiger partial charge >= 0.3 is 0 Å². The molecule has 3 rings (SSSR count). The zero-order chi connectivity index (χ0) is 14.8. The van der Waals surface area contributed by atoms with Crippen LogP contribution in [0.3, 0.4) is 0 Å². The Morgan fingerprint density at radius 2 is 2.00 bits per heavy atom. The van der Waals surface area contributed by atoms with Gasteiger partial charge in [-0.1, -0.05) is 34.1 Å². The molecule has 0 spiro atoms. The van der Waals surface area contributed by atoms with Crippen molar-refractivity contribution in [3.05, 3.63) is 63.1 Å². The van der Waals surface area contributed by atoms with Gasteiger partial charge in [0.2, 0.25) is 0 Å². The molecule has 1 unspecified atom stereocenters. The molecule has 3 nitrogen and oxygen atoms in total. The summed E-state index contributed by atoms with van der Waals surface area (Å²) in [6.45, 7) is 1.31. The highest BCUT2D eigenvalue weighted by atomic mass is 79.9. The van der Waals surface area contributed by atoms with Gasteiger partial charge < -0.3 is 14.6 Å². The van der Waals surface area contributed by atoms with Crippen LogP contribution >= 0.6 is 15.9 Å². The predicted octanol–water partition coefficient (Wildman–Crippen LogP) is 3.76. The Morgan fingerprint density at radius 1 is 1.19 bits per heavy atom. The van der Waals surface area contributed by atoms with Gasteiger partial charge in [-0.2, -0.15) is 0 Å². The van der Waals surface area contributed by atoms with Crippen molar-refractivity contribution < 1.29 is 14.6 Å². The maximum absolute atomic E-state index is 10.5. The third kappa shape index (κ3) is 3.12. The highest BCUT2D eigenvalue weighted by Crippen LogP contribution is 2.30. The van der Waals surface area contributed by atoms with E-state index >= 15 is 0 Å². The number of methoxy groups -OCH3 is 1. The van der Waals surface area contributed by atoms with Crippen molar-refractivity contribution in [1.82, 2.24) is 0 Å². The minimum Gasteiger partial charge on any atom is -0.496 e. The van der Waals surface area contributed by atoms with E-state index in [0.717, 1.165) is 21.3 Å². The van der Waals surface area contributed by atoms with Crippen LogP contribution in [0.1, 0.15) is 28.4 Å². The van der Waals surface area contributed by atoms with Gasteiger partial charge in [0.25, 0.3) is 0 Å². The number of benzene rings is 2. The van der Waals surface area contributed by atoms with Crippen LogP contribution in [0.25, 0.3) is 0 Å². The summed E-state index contributed by atoms with van der Waals surface area (Å²) in [6.07, 6.45) is -0.0403. The molecule has 0 amide bonds. The van der Waals surface area contributed by atoms with Crippen LogP contribution in [0.4, 0.5) is 0 Å². The van der Waals surface area contributed by atoms with Gasteiger partial charge in [-0.3, -0.25) is 0 Å². The summed E-state index contributed by atoms with van der Waals surface area (Å²) in [6, 6.07) is 11.9. The molecule has 0 aliphatic carbocycles. The Balaban J connectivity index is 1.83. The third-order valence-corrected chi connectivity index (χ3v) is 4.28. The minimum atomic E-state index is -0.556. The maximum Gasteiger partial charge on any atom is 0.122 e.